The maximum absolute atomic E-state index is 13.2. The SMILES string of the molecule is OC(CCC1CCN(Cc2ccc(Cl)cc2)CC1)c1ccc2c(c1)CCN(Cc1ccc(F)cc1)CC2. The summed E-state index contributed by atoms with van der Waals surface area (Å²) in [5, 5.41) is 11.8. The van der Waals surface area contributed by atoms with Crippen molar-refractivity contribution in [1.29, 1.82) is 0 Å². The minimum Gasteiger partial charge on any atom is -0.388 e. The first-order valence-corrected chi connectivity index (χ1v) is 14.1. The van der Waals surface area contributed by atoms with Crippen molar-refractivity contribution < 1.29 is 9.50 Å². The molecule has 0 bridgehead atoms. The van der Waals surface area contributed by atoms with Crippen molar-refractivity contribution in [3.8, 4) is 0 Å². The van der Waals surface area contributed by atoms with E-state index in [4.69, 9.17) is 11.6 Å². The number of fused-ring (bicyclic) bond motifs is 1. The molecule has 0 amide bonds. The summed E-state index contributed by atoms with van der Waals surface area (Å²) >= 11 is 6.01. The molecule has 1 fully saturated rings. The van der Waals surface area contributed by atoms with Gasteiger partial charge in [-0.2, -0.15) is 0 Å². The van der Waals surface area contributed by atoms with Crippen molar-refractivity contribution in [2.45, 2.75) is 57.7 Å². The molecule has 2 aliphatic heterocycles. The molecule has 1 atom stereocenters. The molecule has 3 aromatic carbocycles. The summed E-state index contributed by atoms with van der Waals surface area (Å²) < 4.78 is 13.2. The van der Waals surface area contributed by atoms with Gasteiger partial charge in [0.05, 0.1) is 6.10 Å². The fraction of sp³-hybridized carbons (Fsp3) is 0.438. The van der Waals surface area contributed by atoms with Crippen LogP contribution in [0.15, 0.2) is 66.7 Å². The molecule has 196 valence electrons. The highest BCUT2D eigenvalue weighted by Crippen LogP contribution is 2.29. The lowest BCUT2D eigenvalue weighted by atomic mass is 9.89. The van der Waals surface area contributed by atoms with E-state index in [1.807, 2.05) is 24.3 Å². The second-order valence-corrected chi connectivity index (χ2v) is 11.3. The van der Waals surface area contributed by atoms with Crippen molar-refractivity contribution in [3.05, 3.63) is 105 Å². The third kappa shape index (κ3) is 7.42. The van der Waals surface area contributed by atoms with E-state index in [-0.39, 0.29) is 5.82 Å². The van der Waals surface area contributed by atoms with E-state index in [2.05, 4.69) is 40.1 Å². The Bertz CT molecular complexity index is 1140. The standard InChI is InChI=1S/C32H38ClFN2O/c33-30-8-1-25(2-9-30)22-35-17-13-24(14-18-35)5-12-32(37)29-7-6-27-15-19-36(20-16-28(27)21-29)23-26-3-10-31(34)11-4-26/h1-4,6-11,21,24,32,37H,5,12-20,22-23H2. The first kappa shape index (κ1) is 26.4. The molecule has 3 aromatic rings. The summed E-state index contributed by atoms with van der Waals surface area (Å²) in [4.78, 5) is 4.98. The maximum Gasteiger partial charge on any atom is 0.123 e. The van der Waals surface area contributed by atoms with Crippen LogP contribution in [0.3, 0.4) is 0 Å². The van der Waals surface area contributed by atoms with Gasteiger partial charge in [-0.3, -0.25) is 9.80 Å². The predicted octanol–water partition coefficient (Wildman–Crippen LogP) is 6.81. The van der Waals surface area contributed by atoms with Crippen LogP contribution in [-0.4, -0.2) is 41.1 Å². The summed E-state index contributed by atoms with van der Waals surface area (Å²) in [5.74, 6) is 0.509. The second kappa shape index (κ2) is 12.5. The normalized spacial score (nSPS) is 18.4. The summed E-state index contributed by atoms with van der Waals surface area (Å²) in [5.41, 5.74) is 6.30. The zero-order chi connectivity index (χ0) is 25.6. The van der Waals surface area contributed by atoms with Gasteiger partial charge in [-0.25, -0.2) is 4.39 Å². The third-order valence-electron chi connectivity index (χ3n) is 8.20. The van der Waals surface area contributed by atoms with Crippen LogP contribution < -0.4 is 0 Å². The zero-order valence-corrected chi connectivity index (χ0v) is 22.3. The molecule has 1 saturated heterocycles. The Kier molecular flexibility index (Phi) is 8.93. The number of benzene rings is 3. The number of aliphatic hydroxyl groups excluding tert-OH is 1. The number of rotatable bonds is 8. The smallest absolute Gasteiger partial charge is 0.123 e. The molecule has 37 heavy (non-hydrogen) atoms. The molecular weight excluding hydrogens is 483 g/mol. The number of piperidine rings is 1. The van der Waals surface area contributed by atoms with Gasteiger partial charge >= 0.3 is 0 Å². The van der Waals surface area contributed by atoms with Crippen LogP contribution in [0.2, 0.25) is 5.02 Å². The second-order valence-electron chi connectivity index (χ2n) is 10.9. The van der Waals surface area contributed by atoms with E-state index in [1.54, 1.807) is 12.1 Å². The summed E-state index contributed by atoms with van der Waals surface area (Å²) in [7, 11) is 0. The van der Waals surface area contributed by atoms with Crippen LogP contribution in [0.5, 0.6) is 0 Å². The van der Waals surface area contributed by atoms with E-state index in [1.165, 1.54) is 29.5 Å². The van der Waals surface area contributed by atoms with Crippen LogP contribution >= 0.6 is 11.6 Å². The van der Waals surface area contributed by atoms with E-state index in [9.17, 15) is 9.50 Å². The van der Waals surface area contributed by atoms with E-state index >= 15 is 0 Å². The molecule has 1 N–H and O–H groups in total. The maximum atomic E-state index is 13.2. The van der Waals surface area contributed by atoms with Crippen molar-refractivity contribution in [2.24, 2.45) is 5.92 Å². The number of hydrogen-bond donors (Lipinski definition) is 1. The minimum absolute atomic E-state index is 0.183. The van der Waals surface area contributed by atoms with Crippen LogP contribution in [0.4, 0.5) is 4.39 Å². The number of likely N-dealkylation sites (tertiary alicyclic amines) is 1. The van der Waals surface area contributed by atoms with Crippen LogP contribution in [0.1, 0.15) is 59.6 Å². The van der Waals surface area contributed by atoms with Crippen LogP contribution in [0.25, 0.3) is 0 Å². The van der Waals surface area contributed by atoms with Crippen molar-refractivity contribution >= 4 is 11.6 Å². The highest BCUT2D eigenvalue weighted by atomic mass is 35.5. The van der Waals surface area contributed by atoms with Gasteiger partial charge in [0.2, 0.25) is 0 Å². The molecule has 2 aliphatic rings. The monoisotopic (exact) mass is 520 g/mol. The molecule has 3 nitrogen and oxygen atoms in total. The highest BCUT2D eigenvalue weighted by molar-refractivity contribution is 6.30. The van der Waals surface area contributed by atoms with Crippen molar-refractivity contribution in [1.82, 2.24) is 9.80 Å². The number of aliphatic hydroxyl groups is 1. The Morgan fingerprint density at radius 2 is 1.38 bits per heavy atom. The van der Waals surface area contributed by atoms with Gasteiger partial charge in [-0.05, 0) is 110 Å². The van der Waals surface area contributed by atoms with Gasteiger partial charge in [0.1, 0.15) is 5.82 Å². The molecule has 5 rings (SSSR count). The fourth-order valence-electron chi connectivity index (χ4n) is 5.85. The fourth-order valence-corrected chi connectivity index (χ4v) is 5.97. The number of hydrogen-bond acceptors (Lipinski definition) is 3. The van der Waals surface area contributed by atoms with Gasteiger partial charge in [-0.1, -0.05) is 54.1 Å². The Labute approximate surface area is 225 Å². The topological polar surface area (TPSA) is 26.7 Å². The van der Waals surface area contributed by atoms with Gasteiger partial charge < -0.3 is 5.11 Å². The summed E-state index contributed by atoms with van der Waals surface area (Å²) in [6, 6.07) is 21.6. The zero-order valence-electron chi connectivity index (χ0n) is 21.6. The predicted molar refractivity (Wildman–Crippen MR) is 149 cm³/mol. The Hall–Kier alpha value is -2.24. The van der Waals surface area contributed by atoms with Crippen LogP contribution in [-0.2, 0) is 25.9 Å². The van der Waals surface area contributed by atoms with Crippen molar-refractivity contribution in [3.63, 3.8) is 0 Å². The van der Waals surface area contributed by atoms with Gasteiger partial charge in [0.15, 0.2) is 0 Å². The molecule has 5 heteroatoms. The van der Waals surface area contributed by atoms with Crippen LogP contribution in [0, 0.1) is 11.7 Å². The summed E-state index contributed by atoms with van der Waals surface area (Å²) in [6.07, 6.45) is 5.93. The largest absolute Gasteiger partial charge is 0.388 e. The molecule has 0 aromatic heterocycles. The lowest BCUT2D eigenvalue weighted by Gasteiger charge is -2.32. The lowest BCUT2D eigenvalue weighted by molar-refractivity contribution is 0.132. The third-order valence-corrected chi connectivity index (χ3v) is 8.46. The first-order chi connectivity index (χ1) is 18.0. The van der Waals surface area contributed by atoms with Crippen molar-refractivity contribution in [2.75, 3.05) is 26.2 Å². The molecule has 1 unspecified atom stereocenters. The average Bonchev–Trinajstić information content (AvgIpc) is 3.12. The number of halogens is 2. The Morgan fingerprint density at radius 1 is 0.784 bits per heavy atom. The molecule has 2 heterocycles. The number of nitrogens with zero attached hydrogens (tertiary/aromatic N) is 2. The Balaban J connectivity index is 1.08. The van der Waals surface area contributed by atoms with E-state index in [0.29, 0.717) is 5.92 Å². The highest BCUT2D eigenvalue weighted by Gasteiger charge is 2.21. The molecule has 0 aliphatic carbocycles. The van der Waals surface area contributed by atoms with E-state index < -0.39 is 6.10 Å². The average molecular weight is 521 g/mol. The molecule has 0 radical (unpaired) electrons. The Morgan fingerprint density at radius 3 is 2.05 bits per heavy atom. The van der Waals surface area contributed by atoms with Gasteiger partial charge in [0.25, 0.3) is 0 Å². The quantitative estimate of drug-likeness (QED) is 0.353. The lowest BCUT2D eigenvalue weighted by Crippen LogP contribution is -2.33. The van der Waals surface area contributed by atoms with Gasteiger partial charge in [-0.15, -0.1) is 0 Å². The van der Waals surface area contributed by atoms with Gasteiger partial charge in [0, 0.05) is 31.2 Å². The molecule has 0 saturated carbocycles. The molecule has 0 spiro atoms. The van der Waals surface area contributed by atoms with E-state index in [0.717, 1.165) is 81.1 Å². The minimum atomic E-state index is -0.393. The molecular formula is C32H38ClFN2O. The first-order valence-electron chi connectivity index (χ1n) is 13.8. The summed E-state index contributed by atoms with van der Waals surface area (Å²) in [6.45, 7) is 6.07.